The van der Waals surface area contributed by atoms with E-state index in [0.29, 0.717) is 6.61 Å². The molecular formula is C31H39NO2. The Morgan fingerprint density at radius 3 is 1.41 bits per heavy atom. The van der Waals surface area contributed by atoms with Crippen molar-refractivity contribution in [3.05, 3.63) is 0 Å². The fourth-order valence-corrected chi connectivity index (χ4v) is 3.22. The third-order valence-corrected chi connectivity index (χ3v) is 5.03. The normalized spacial score (nSPS) is 8.47. The number of terminal acetylenes is 1. The van der Waals surface area contributed by atoms with E-state index in [1.807, 2.05) is 0 Å². The molecule has 0 spiro atoms. The lowest BCUT2D eigenvalue weighted by molar-refractivity contribution is 0.148. The molecule has 0 bridgehead atoms. The van der Waals surface area contributed by atoms with E-state index in [2.05, 4.69) is 77.5 Å². The Kier molecular flexibility index (Phi) is 24.9. The van der Waals surface area contributed by atoms with Crippen molar-refractivity contribution in [2.24, 2.45) is 0 Å². The molecule has 1 N–H and O–H groups in total. The van der Waals surface area contributed by atoms with E-state index in [1.165, 1.54) is 89.9 Å². The van der Waals surface area contributed by atoms with Crippen LogP contribution in [0.1, 0.15) is 110 Å². The van der Waals surface area contributed by atoms with Crippen LogP contribution in [0.25, 0.3) is 0 Å². The third kappa shape index (κ3) is 26.7. The van der Waals surface area contributed by atoms with E-state index in [1.54, 1.807) is 0 Å². The molecule has 180 valence electrons. The highest BCUT2D eigenvalue weighted by atomic mass is 16.5. The largest absolute Gasteiger partial charge is 0.449 e. The first kappa shape index (κ1) is 30.6. The van der Waals surface area contributed by atoms with Crippen LogP contribution in [0.15, 0.2) is 0 Å². The summed E-state index contributed by atoms with van der Waals surface area (Å²) in [6.45, 7) is 2.68. The number of amides is 1. The Hall–Kier alpha value is -3.37. The van der Waals surface area contributed by atoms with E-state index in [9.17, 15) is 4.79 Å². The zero-order valence-corrected chi connectivity index (χ0v) is 20.9. The zero-order valence-electron chi connectivity index (χ0n) is 20.9. The Balaban J connectivity index is 3.46. The van der Waals surface area contributed by atoms with Gasteiger partial charge in [0.1, 0.15) is 0 Å². The highest BCUT2D eigenvalue weighted by molar-refractivity contribution is 5.69. The zero-order chi connectivity index (χ0) is 24.8. The van der Waals surface area contributed by atoms with Crippen LogP contribution in [-0.2, 0) is 4.74 Å². The summed E-state index contributed by atoms with van der Waals surface area (Å²) in [5.41, 5.74) is 0. The maximum Gasteiger partial charge on any atom is 0.418 e. The van der Waals surface area contributed by atoms with Gasteiger partial charge >= 0.3 is 6.09 Å². The van der Waals surface area contributed by atoms with Crippen molar-refractivity contribution in [2.75, 3.05) is 6.61 Å². The second-order valence-corrected chi connectivity index (χ2v) is 7.96. The predicted molar refractivity (Wildman–Crippen MR) is 142 cm³/mol. The second-order valence-electron chi connectivity index (χ2n) is 7.96. The van der Waals surface area contributed by atoms with Gasteiger partial charge in [0.05, 0.1) is 6.61 Å². The standard InChI is InChI=1S/C31H39NO2/c1-3-5-7-9-11-13-15-16-17-18-19-20-22-24-26-28-30-34-31(33)32-29-27-25-23-21-14-12-10-8-6-4-2/h2H,3,5,7,9,11,13,15-20,22,24,26,28,30H2,1H3,(H,32,33). The number of alkyl carbamates (subject to hydrolysis) is 1. The Morgan fingerprint density at radius 2 is 0.971 bits per heavy atom. The van der Waals surface area contributed by atoms with Crippen LogP contribution in [0.5, 0.6) is 0 Å². The molecule has 0 aromatic rings. The first-order chi connectivity index (χ1) is 16.8. The number of hydrogen-bond donors (Lipinski definition) is 1. The van der Waals surface area contributed by atoms with Crippen LogP contribution in [0.3, 0.4) is 0 Å². The molecule has 0 saturated carbocycles. The van der Waals surface area contributed by atoms with E-state index >= 15 is 0 Å². The number of nitrogens with one attached hydrogen (secondary N) is 1. The molecular weight excluding hydrogens is 418 g/mol. The molecule has 3 heteroatoms. The molecule has 1 amide bonds. The third-order valence-electron chi connectivity index (χ3n) is 5.03. The molecule has 0 saturated heterocycles. The quantitative estimate of drug-likeness (QED) is 0.152. The summed E-state index contributed by atoms with van der Waals surface area (Å²) in [4.78, 5) is 11.5. The Bertz CT molecular complexity index is 882. The molecule has 34 heavy (non-hydrogen) atoms. The van der Waals surface area contributed by atoms with Crippen LogP contribution in [0.4, 0.5) is 4.79 Å². The number of ether oxygens (including phenoxy) is 1. The van der Waals surface area contributed by atoms with Crippen molar-refractivity contribution in [1.82, 2.24) is 5.32 Å². The Labute approximate surface area is 209 Å². The first-order valence-electron chi connectivity index (χ1n) is 12.7. The van der Waals surface area contributed by atoms with Gasteiger partial charge in [0.2, 0.25) is 0 Å². The van der Waals surface area contributed by atoms with Crippen LogP contribution >= 0.6 is 0 Å². The van der Waals surface area contributed by atoms with E-state index < -0.39 is 6.09 Å². The second kappa shape index (κ2) is 27.7. The molecule has 0 aliphatic heterocycles. The first-order valence-corrected chi connectivity index (χ1v) is 12.7. The number of rotatable bonds is 17. The lowest BCUT2D eigenvalue weighted by Crippen LogP contribution is -2.19. The van der Waals surface area contributed by atoms with Gasteiger partial charge in [-0.2, -0.15) is 0 Å². The highest BCUT2D eigenvalue weighted by Crippen LogP contribution is 2.13. The van der Waals surface area contributed by atoms with Gasteiger partial charge in [0.25, 0.3) is 0 Å². The molecule has 0 atom stereocenters. The monoisotopic (exact) mass is 457 g/mol. The average Bonchev–Trinajstić information content (AvgIpc) is 2.84. The van der Waals surface area contributed by atoms with Crippen molar-refractivity contribution in [3.8, 4) is 71.7 Å². The highest BCUT2D eigenvalue weighted by Gasteiger charge is 1.98. The van der Waals surface area contributed by atoms with Gasteiger partial charge in [-0.05, 0) is 36.0 Å². The molecule has 0 fully saturated rings. The summed E-state index contributed by atoms with van der Waals surface area (Å²) in [5, 5.41) is 2.32. The lowest BCUT2D eigenvalue weighted by atomic mass is 10.0. The van der Waals surface area contributed by atoms with Gasteiger partial charge in [-0.3, -0.25) is 0 Å². The van der Waals surface area contributed by atoms with E-state index in [-0.39, 0.29) is 0 Å². The van der Waals surface area contributed by atoms with Crippen LogP contribution in [-0.4, -0.2) is 12.7 Å². The lowest BCUT2D eigenvalue weighted by Gasteiger charge is -2.04. The minimum absolute atomic E-state index is 0.407. The predicted octanol–water partition coefficient (Wildman–Crippen LogP) is 6.58. The molecule has 0 aromatic heterocycles. The van der Waals surface area contributed by atoms with E-state index in [0.717, 1.165) is 12.8 Å². The number of unbranched alkanes of at least 4 members (excludes halogenated alkanes) is 15. The molecule has 0 rings (SSSR count). The average molecular weight is 458 g/mol. The van der Waals surface area contributed by atoms with Gasteiger partial charge in [-0.1, -0.05) is 103 Å². The van der Waals surface area contributed by atoms with Crippen molar-refractivity contribution >= 4 is 6.09 Å². The molecule has 3 nitrogen and oxygen atoms in total. The van der Waals surface area contributed by atoms with E-state index in [4.69, 9.17) is 11.2 Å². The SMILES string of the molecule is C#CC#CC#CC#CC#CC#CNC(=O)OCCCCCCCCCCCCCCCCCC. The summed E-state index contributed by atoms with van der Waals surface area (Å²) in [5.74, 6) is 24.2. The smallest absolute Gasteiger partial charge is 0.418 e. The molecule has 0 unspecified atom stereocenters. The minimum atomic E-state index is -0.556. The maximum atomic E-state index is 11.5. The van der Waals surface area contributed by atoms with Crippen molar-refractivity contribution in [2.45, 2.75) is 110 Å². The minimum Gasteiger partial charge on any atom is -0.449 e. The van der Waals surface area contributed by atoms with Gasteiger partial charge in [-0.25, -0.2) is 10.1 Å². The van der Waals surface area contributed by atoms with Crippen molar-refractivity contribution < 1.29 is 9.53 Å². The summed E-state index contributed by atoms with van der Waals surface area (Å²) in [6, 6.07) is 2.41. The van der Waals surface area contributed by atoms with Crippen molar-refractivity contribution in [3.63, 3.8) is 0 Å². The summed E-state index contributed by atoms with van der Waals surface area (Å²) < 4.78 is 5.08. The Morgan fingerprint density at radius 1 is 0.588 bits per heavy atom. The van der Waals surface area contributed by atoms with Gasteiger partial charge in [-0.15, -0.1) is 6.42 Å². The van der Waals surface area contributed by atoms with Crippen molar-refractivity contribution in [1.29, 1.82) is 0 Å². The fraction of sp³-hybridized carbons (Fsp3) is 0.581. The topological polar surface area (TPSA) is 38.3 Å². The number of hydrogen-bond acceptors (Lipinski definition) is 2. The molecule has 0 heterocycles. The maximum absolute atomic E-state index is 11.5. The van der Waals surface area contributed by atoms with Crippen LogP contribution in [0.2, 0.25) is 0 Å². The van der Waals surface area contributed by atoms with Gasteiger partial charge in [0.15, 0.2) is 0 Å². The summed E-state index contributed by atoms with van der Waals surface area (Å²) in [6.07, 6.45) is 25.4. The molecule has 0 aromatic carbocycles. The molecule has 0 aliphatic carbocycles. The summed E-state index contributed by atoms with van der Waals surface area (Å²) in [7, 11) is 0. The molecule has 0 radical (unpaired) electrons. The molecule has 0 aliphatic rings. The van der Waals surface area contributed by atoms with Gasteiger partial charge < -0.3 is 4.74 Å². The van der Waals surface area contributed by atoms with Gasteiger partial charge in [0, 0.05) is 35.6 Å². The number of carbonyl (C=O) groups is 1. The number of carbonyl (C=O) groups excluding carboxylic acids is 1. The summed E-state index contributed by atoms with van der Waals surface area (Å²) >= 11 is 0. The van der Waals surface area contributed by atoms with Crippen LogP contribution in [0, 0.1) is 71.7 Å². The fourth-order valence-electron chi connectivity index (χ4n) is 3.22. The van der Waals surface area contributed by atoms with Crippen LogP contribution < -0.4 is 5.32 Å².